The summed E-state index contributed by atoms with van der Waals surface area (Å²) < 4.78 is 10.8. The van der Waals surface area contributed by atoms with Crippen LogP contribution in [0.5, 0.6) is 11.5 Å². The number of carbonyl (C=O) groups is 2. The Bertz CT molecular complexity index is 1450. The van der Waals surface area contributed by atoms with Crippen molar-refractivity contribution in [2.75, 3.05) is 17.9 Å². The van der Waals surface area contributed by atoms with Gasteiger partial charge >= 0.3 is 0 Å². The van der Waals surface area contributed by atoms with E-state index in [4.69, 9.17) is 9.47 Å². The molecule has 1 atom stereocenters. The van der Waals surface area contributed by atoms with Gasteiger partial charge in [0.15, 0.2) is 16.7 Å². The molecule has 0 radical (unpaired) electrons. The summed E-state index contributed by atoms with van der Waals surface area (Å²) in [5, 5.41) is 3.48. The van der Waals surface area contributed by atoms with Crippen LogP contribution in [-0.2, 0) is 16.1 Å². The van der Waals surface area contributed by atoms with Crippen LogP contribution < -0.4 is 14.8 Å². The molecule has 0 aliphatic carbocycles. The van der Waals surface area contributed by atoms with Gasteiger partial charge in [0.1, 0.15) is 6.04 Å². The maximum atomic E-state index is 13.9. The van der Waals surface area contributed by atoms with Gasteiger partial charge in [-0.1, -0.05) is 48.2 Å². The average molecular weight is 542 g/mol. The van der Waals surface area contributed by atoms with Crippen LogP contribution in [0.1, 0.15) is 28.6 Å². The first kappa shape index (κ1) is 26.2. The van der Waals surface area contributed by atoms with E-state index in [1.54, 1.807) is 41.6 Å². The maximum Gasteiger partial charge on any atom is 0.251 e. The second-order valence-corrected chi connectivity index (χ2v) is 9.92. The molecule has 2 amide bonds. The summed E-state index contributed by atoms with van der Waals surface area (Å²) in [4.78, 5) is 42.4. The third-order valence-corrected chi connectivity index (χ3v) is 6.83. The number of nitrogens with one attached hydrogen (secondary N) is 1. The summed E-state index contributed by atoms with van der Waals surface area (Å²) in [5.41, 5.74) is 3.68. The van der Waals surface area contributed by atoms with Crippen LogP contribution in [0.2, 0.25) is 0 Å². The molecule has 39 heavy (non-hydrogen) atoms. The fourth-order valence-electron chi connectivity index (χ4n) is 4.27. The van der Waals surface area contributed by atoms with E-state index in [2.05, 4.69) is 20.3 Å². The van der Waals surface area contributed by atoms with E-state index in [0.717, 1.165) is 17.0 Å². The molecule has 0 spiro atoms. The van der Waals surface area contributed by atoms with E-state index in [9.17, 15) is 9.59 Å². The fourth-order valence-corrected chi connectivity index (χ4v) is 5.11. The van der Waals surface area contributed by atoms with Gasteiger partial charge in [0.2, 0.25) is 12.7 Å². The predicted octanol–water partition coefficient (Wildman–Crippen LogP) is 4.72. The van der Waals surface area contributed by atoms with Gasteiger partial charge in [0.25, 0.3) is 5.91 Å². The molecule has 0 saturated carbocycles. The summed E-state index contributed by atoms with van der Waals surface area (Å²) in [7, 11) is 0. The Morgan fingerprint density at radius 3 is 2.49 bits per heavy atom. The fraction of sp³-hybridized carbons (Fsp3) is 0.207. The quantitative estimate of drug-likeness (QED) is 0.240. The van der Waals surface area contributed by atoms with E-state index in [1.165, 1.54) is 11.8 Å². The van der Waals surface area contributed by atoms with Crippen molar-refractivity contribution >= 4 is 29.3 Å². The minimum Gasteiger partial charge on any atom is -0.454 e. The molecule has 10 heteroatoms. The largest absolute Gasteiger partial charge is 0.454 e. The van der Waals surface area contributed by atoms with Crippen molar-refractivity contribution in [3.8, 4) is 11.5 Å². The van der Waals surface area contributed by atoms with E-state index >= 15 is 0 Å². The summed E-state index contributed by atoms with van der Waals surface area (Å²) in [5.74, 6) is 0.638. The van der Waals surface area contributed by atoms with E-state index in [-0.39, 0.29) is 30.9 Å². The number of thioether (sulfide) groups is 1. The van der Waals surface area contributed by atoms with Crippen molar-refractivity contribution in [3.05, 3.63) is 102 Å². The van der Waals surface area contributed by atoms with Gasteiger partial charge in [-0.15, -0.1) is 0 Å². The third kappa shape index (κ3) is 6.53. The normalized spacial score (nSPS) is 12.6. The number of amides is 2. The van der Waals surface area contributed by atoms with Gasteiger partial charge in [0.05, 0.1) is 5.75 Å². The number of aryl methyl sites for hydroxylation is 2. The van der Waals surface area contributed by atoms with Crippen molar-refractivity contribution < 1.29 is 19.1 Å². The summed E-state index contributed by atoms with van der Waals surface area (Å²) in [6.07, 6.45) is 3.36. The molecule has 1 N–H and O–H groups in total. The van der Waals surface area contributed by atoms with Gasteiger partial charge in [-0.2, -0.15) is 0 Å². The lowest BCUT2D eigenvalue weighted by Crippen LogP contribution is -2.41. The van der Waals surface area contributed by atoms with Crippen LogP contribution in [0.25, 0.3) is 0 Å². The molecular formula is C29H27N5O4S. The minimum atomic E-state index is -0.912. The Morgan fingerprint density at radius 2 is 1.74 bits per heavy atom. The Balaban J connectivity index is 1.45. The summed E-state index contributed by atoms with van der Waals surface area (Å²) in [6.45, 7) is 4.10. The van der Waals surface area contributed by atoms with Crippen molar-refractivity contribution in [2.24, 2.45) is 0 Å². The molecule has 198 valence electrons. The number of anilines is 1. The first-order valence-corrected chi connectivity index (χ1v) is 13.3. The zero-order valence-corrected chi connectivity index (χ0v) is 22.4. The molecule has 2 aromatic heterocycles. The second kappa shape index (κ2) is 12.0. The van der Waals surface area contributed by atoms with Crippen molar-refractivity contribution in [1.82, 2.24) is 19.9 Å². The molecule has 3 heterocycles. The minimum absolute atomic E-state index is 0.0593. The lowest BCUT2D eigenvalue weighted by molar-refractivity contribution is -0.137. The Morgan fingerprint density at radius 1 is 0.974 bits per heavy atom. The second-order valence-electron chi connectivity index (χ2n) is 8.98. The molecule has 9 nitrogen and oxygen atoms in total. The van der Waals surface area contributed by atoms with Gasteiger partial charge in [-0.05, 0) is 49.2 Å². The lowest BCUT2D eigenvalue weighted by Gasteiger charge is -2.31. The summed E-state index contributed by atoms with van der Waals surface area (Å²) in [6, 6.07) is 19.1. The zero-order valence-electron chi connectivity index (χ0n) is 21.5. The van der Waals surface area contributed by atoms with Crippen molar-refractivity contribution in [3.63, 3.8) is 0 Å². The molecule has 0 fully saturated rings. The predicted molar refractivity (Wildman–Crippen MR) is 147 cm³/mol. The van der Waals surface area contributed by atoms with Crippen molar-refractivity contribution in [2.45, 2.75) is 31.6 Å². The number of rotatable bonds is 9. The Labute approximate surface area is 230 Å². The molecule has 5 rings (SSSR count). The molecule has 1 aliphatic heterocycles. The zero-order chi connectivity index (χ0) is 27.2. The summed E-state index contributed by atoms with van der Waals surface area (Å²) >= 11 is 1.25. The SMILES string of the molecule is Cc1cc(C)nc(SCC(=O)N(Cc2cccnc2)C(C(=O)Nc2ccc3c(c2)OCO3)c2ccccc2)n1. The van der Waals surface area contributed by atoms with Crippen LogP contribution in [0.15, 0.2) is 84.3 Å². The monoisotopic (exact) mass is 541 g/mol. The number of nitrogens with zero attached hydrogens (tertiary/aromatic N) is 4. The average Bonchev–Trinajstić information content (AvgIpc) is 3.40. The highest BCUT2D eigenvalue weighted by Crippen LogP contribution is 2.35. The number of pyridine rings is 1. The molecule has 4 aromatic rings. The number of ether oxygens (including phenoxy) is 2. The number of aromatic nitrogens is 3. The van der Waals surface area contributed by atoms with Crippen LogP contribution >= 0.6 is 11.8 Å². The highest BCUT2D eigenvalue weighted by molar-refractivity contribution is 7.99. The maximum absolute atomic E-state index is 13.9. The number of hydrogen-bond acceptors (Lipinski definition) is 8. The van der Waals surface area contributed by atoms with Gasteiger partial charge in [-0.3, -0.25) is 14.6 Å². The Kier molecular flexibility index (Phi) is 8.02. The van der Waals surface area contributed by atoms with E-state index in [1.807, 2.05) is 56.3 Å². The Hall–Kier alpha value is -4.44. The molecule has 0 bridgehead atoms. The number of carbonyl (C=O) groups excluding carboxylic acids is 2. The number of hydrogen-bond donors (Lipinski definition) is 1. The lowest BCUT2D eigenvalue weighted by atomic mass is 10.0. The van der Waals surface area contributed by atoms with Crippen LogP contribution in [0.4, 0.5) is 5.69 Å². The highest BCUT2D eigenvalue weighted by atomic mass is 32.2. The van der Waals surface area contributed by atoms with Crippen LogP contribution in [0.3, 0.4) is 0 Å². The van der Waals surface area contributed by atoms with Crippen LogP contribution in [0, 0.1) is 13.8 Å². The molecule has 2 aromatic carbocycles. The van der Waals surface area contributed by atoms with E-state index in [0.29, 0.717) is 27.9 Å². The third-order valence-electron chi connectivity index (χ3n) is 6.00. The van der Waals surface area contributed by atoms with Gasteiger partial charge in [0, 0.05) is 42.1 Å². The highest BCUT2D eigenvalue weighted by Gasteiger charge is 2.32. The van der Waals surface area contributed by atoms with Crippen molar-refractivity contribution in [1.29, 1.82) is 0 Å². The molecule has 0 saturated heterocycles. The first-order chi connectivity index (χ1) is 19.0. The number of fused-ring (bicyclic) bond motifs is 1. The smallest absolute Gasteiger partial charge is 0.251 e. The number of benzene rings is 2. The molecule has 1 aliphatic rings. The van der Waals surface area contributed by atoms with Crippen LogP contribution in [-0.4, -0.2) is 44.2 Å². The molecular weight excluding hydrogens is 514 g/mol. The molecule has 1 unspecified atom stereocenters. The van der Waals surface area contributed by atoms with Gasteiger partial charge < -0.3 is 19.7 Å². The standard InChI is InChI=1S/C29H27N5O4S/c1-19-13-20(2)32-29(31-19)39-17-26(35)34(16-21-7-6-12-30-15-21)27(22-8-4-3-5-9-22)28(36)33-23-10-11-24-25(14-23)38-18-37-24/h3-15,27H,16-18H2,1-2H3,(H,33,36). The van der Waals surface area contributed by atoms with Gasteiger partial charge in [-0.25, -0.2) is 9.97 Å². The van der Waals surface area contributed by atoms with E-state index < -0.39 is 6.04 Å². The topological polar surface area (TPSA) is 107 Å². The first-order valence-electron chi connectivity index (χ1n) is 12.4.